The van der Waals surface area contributed by atoms with E-state index in [0.717, 1.165) is 5.25 Å². The number of piperidine rings is 1. The predicted molar refractivity (Wildman–Crippen MR) is 75.3 cm³/mol. The quantitative estimate of drug-likeness (QED) is 0.741. The Morgan fingerprint density at radius 3 is 2.50 bits per heavy atom. The molecule has 0 radical (unpaired) electrons. The van der Waals surface area contributed by atoms with Crippen molar-refractivity contribution in [2.75, 3.05) is 31.9 Å². The summed E-state index contributed by atoms with van der Waals surface area (Å²) in [7, 11) is 0. The van der Waals surface area contributed by atoms with Crippen molar-refractivity contribution in [2.45, 2.75) is 51.3 Å². The minimum absolute atomic E-state index is 0.702. The molecule has 0 spiro atoms. The fraction of sp³-hybridized carbons (Fsp3) is 1.00. The van der Waals surface area contributed by atoms with Crippen molar-refractivity contribution in [3.63, 3.8) is 0 Å². The molecule has 1 fully saturated rings. The standard InChI is InChI=1S/C13H28N2S/c1-4-9-15(12(2)3)10-11-16-13-5-7-14-8-6-13/h12-14H,4-11H2,1-3H3. The zero-order valence-electron chi connectivity index (χ0n) is 11.2. The zero-order chi connectivity index (χ0) is 11.8. The summed E-state index contributed by atoms with van der Waals surface area (Å²) in [5.41, 5.74) is 0. The van der Waals surface area contributed by atoms with E-state index in [1.807, 2.05) is 0 Å². The van der Waals surface area contributed by atoms with E-state index >= 15 is 0 Å². The lowest BCUT2D eigenvalue weighted by Gasteiger charge is -2.27. The van der Waals surface area contributed by atoms with Crippen LogP contribution in [0.2, 0.25) is 0 Å². The fourth-order valence-electron chi connectivity index (χ4n) is 2.21. The Balaban J connectivity index is 2.11. The van der Waals surface area contributed by atoms with Gasteiger partial charge in [-0.2, -0.15) is 11.8 Å². The van der Waals surface area contributed by atoms with Crippen LogP contribution in [0.15, 0.2) is 0 Å². The van der Waals surface area contributed by atoms with Crippen LogP contribution >= 0.6 is 11.8 Å². The molecule has 1 N–H and O–H groups in total. The average molecular weight is 244 g/mol. The van der Waals surface area contributed by atoms with Crippen LogP contribution in [-0.2, 0) is 0 Å². The van der Waals surface area contributed by atoms with Crippen LogP contribution in [0.4, 0.5) is 0 Å². The molecule has 0 aromatic rings. The SMILES string of the molecule is CCCN(CCSC1CCNCC1)C(C)C. The Morgan fingerprint density at radius 1 is 1.25 bits per heavy atom. The highest BCUT2D eigenvalue weighted by Crippen LogP contribution is 2.20. The fourth-order valence-corrected chi connectivity index (χ4v) is 3.46. The smallest absolute Gasteiger partial charge is 0.00751 e. The maximum atomic E-state index is 3.43. The van der Waals surface area contributed by atoms with E-state index in [2.05, 4.69) is 42.7 Å². The molecule has 2 nitrogen and oxygen atoms in total. The lowest BCUT2D eigenvalue weighted by atomic mass is 10.2. The molecule has 16 heavy (non-hydrogen) atoms. The topological polar surface area (TPSA) is 15.3 Å². The third-order valence-corrected chi connectivity index (χ3v) is 4.62. The van der Waals surface area contributed by atoms with Gasteiger partial charge in [0.25, 0.3) is 0 Å². The van der Waals surface area contributed by atoms with Crippen molar-refractivity contribution >= 4 is 11.8 Å². The molecule has 0 bridgehead atoms. The van der Waals surface area contributed by atoms with E-state index < -0.39 is 0 Å². The molecule has 1 heterocycles. The molecule has 1 aliphatic rings. The molecular weight excluding hydrogens is 216 g/mol. The summed E-state index contributed by atoms with van der Waals surface area (Å²) in [6.07, 6.45) is 4.00. The van der Waals surface area contributed by atoms with Gasteiger partial charge in [0.15, 0.2) is 0 Å². The zero-order valence-corrected chi connectivity index (χ0v) is 12.0. The van der Waals surface area contributed by atoms with Crippen molar-refractivity contribution in [3.05, 3.63) is 0 Å². The van der Waals surface area contributed by atoms with Gasteiger partial charge in [-0.05, 0) is 52.7 Å². The minimum atomic E-state index is 0.702. The molecule has 1 rings (SSSR count). The highest BCUT2D eigenvalue weighted by atomic mass is 32.2. The molecule has 0 aromatic carbocycles. The Bertz CT molecular complexity index is 167. The van der Waals surface area contributed by atoms with E-state index in [9.17, 15) is 0 Å². The second-order valence-corrected chi connectivity index (χ2v) is 6.36. The number of hydrogen-bond acceptors (Lipinski definition) is 3. The Hall–Kier alpha value is 0.270. The van der Waals surface area contributed by atoms with Gasteiger partial charge in [-0.15, -0.1) is 0 Å². The first kappa shape index (κ1) is 14.3. The van der Waals surface area contributed by atoms with Crippen LogP contribution in [0.5, 0.6) is 0 Å². The number of hydrogen-bond donors (Lipinski definition) is 1. The highest BCUT2D eigenvalue weighted by Gasteiger charge is 2.14. The molecular formula is C13H28N2S. The first-order valence-corrected chi connectivity index (χ1v) is 7.85. The van der Waals surface area contributed by atoms with Gasteiger partial charge in [0.05, 0.1) is 0 Å². The van der Waals surface area contributed by atoms with Crippen LogP contribution in [0, 0.1) is 0 Å². The summed E-state index contributed by atoms with van der Waals surface area (Å²) in [5.74, 6) is 1.31. The van der Waals surface area contributed by atoms with Gasteiger partial charge in [-0.25, -0.2) is 0 Å². The average Bonchev–Trinajstić information content (AvgIpc) is 2.29. The lowest BCUT2D eigenvalue weighted by molar-refractivity contribution is 0.236. The van der Waals surface area contributed by atoms with Gasteiger partial charge in [0.1, 0.15) is 0 Å². The lowest BCUT2D eigenvalue weighted by Crippen LogP contribution is -2.34. The largest absolute Gasteiger partial charge is 0.317 e. The molecule has 96 valence electrons. The highest BCUT2D eigenvalue weighted by molar-refractivity contribution is 7.99. The van der Waals surface area contributed by atoms with Gasteiger partial charge >= 0.3 is 0 Å². The third kappa shape index (κ3) is 5.55. The van der Waals surface area contributed by atoms with Crippen molar-refractivity contribution in [3.8, 4) is 0 Å². The van der Waals surface area contributed by atoms with Crippen molar-refractivity contribution in [2.24, 2.45) is 0 Å². The van der Waals surface area contributed by atoms with E-state index in [0.29, 0.717) is 6.04 Å². The van der Waals surface area contributed by atoms with Crippen molar-refractivity contribution in [1.82, 2.24) is 10.2 Å². The van der Waals surface area contributed by atoms with Gasteiger partial charge in [0, 0.05) is 23.6 Å². The molecule has 0 atom stereocenters. The van der Waals surface area contributed by atoms with Gasteiger partial charge in [-0.3, -0.25) is 0 Å². The maximum absolute atomic E-state index is 3.43. The van der Waals surface area contributed by atoms with E-state index in [1.54, 1.807) is 0 Å². The summed E-state index contributed by atoms with van der Waals surface area (Å²) in [6, 6.07) is 0.702. The van der Waals surface area contributed by atoms with Crippen LogP contribution in [0.25, 0.3) is 0 Å². The summed E-state index contributed by atoms with van der Waals surface area (Å²) in [5, 5.41) is 4.34. The minimum Gasteiger partial charge on any atom is -0.317 e. The molecule has 1 saturated heterocycles. The Labute approximate surface area is 106 Å². The molecule has 0 amide bonds. The first-order chi connectivity index (χ1) is 7.74. The monoisotopic (exact) mass is 244 g/mol. The third-order valence-electron chi connectivity index (χ3n) is 3.26. The number of nitrogens with one attached hydrogen (secondary N) is 1. The molecule has 0 aliphatic carbocycles. The predicted octanol–water partition coefficient (Wildman–Crippen LogP) is 2.59. The molecule has 1 aliphatic heterocycles. The summed E-state index contributed by atoms with van der Waals surface area (Å²) >= 11 is 2.19. The number of nitrogens with zero attached hydrogens (tertiary/aromatic N) is 1. The van der Waals surface area contributed by atoms with Crippen LogP contribution in [-0.4, -0.2) is 48.1 Å². The summed E-state index contributed by atoms with van der Waals surface area (Å²) in [6.45, 7) is 11.9. The number of thioether (sulfide) groups is 1. The van der Waals surface area contributed by atoms with Crippen LogP contribution < -0.4 is 5.32 Å². The normalized spacial score (nSPS) is 18.6. The van der Waals surface area contributed by atoms with E-state index in [1.165, 1.54) is 51.2 Å². The first-order valence-electron chi connectivity index (χ1n) is 6.80. The molecule has 0 aromatic heterocycles. The number of rotatable bonds is 7. The van der Waals surface area contributed by atoms with Crippen molar-refractivity contribution < 1.29 is 0 Å². The van der Waals surface area contributed by atoms with Gasteiger partial charge < -0.3 is 10.2 Å². The second kappa shape index (κ2) is 8.37. The van der Waals surface area contributed by atoms with E-state index in [4.69, 9.17) is 0 Å². The Morgan fingerprint density at radius 2 is 1.94 bits per heavy atom. The summed E-state index contributed by atoms with van der Waals surface area (Å²) < 4.78 is 0. The maximum Gasteiger partial charge on any atom is 0.00751 e. The van der Waals surface area contributed by atoms with Gasteiger partial charge in [0.2, 0.25) is 0 Å². The van der Waals surface area contributed by atoms with Crippen LogP contribution in [0.1, 0.15) is 40.0 Å². The molecule has 0 saturated carbocycles. The van der Waals surface area contributed by atoms with E-state index in [-0.39, 0.29) is 0 Å². The molecule has 0 unspecified atom stereocenters. The molecule has 3 heteroatoms. The Kier molecular flexibility index (Phi) is 7.50. The van der Waals surface area contributed by atoms with Gasteiger partial charge in [-0.1, -0.05) is 6.92 Å². The van der Waals surface area contributed by atoms with Crippen molar-refractivity contribution in [1.29, 1.82) is 0 Å². The van der Waals surface area contributed by atoms with Crippen LogP contribution in [0.3, 0.4) is 0 Å². The summed E-state index contributed by atoms with van der Waals surface area (Å²) in [4.78, 5) is 2.61. The second-order valence-electron chi connectivity index (χ2n) is 4.95.